The van der Waals surface area contributed by atoms with Crippen LogP contribution in [0, 0.1) is 10.4 Å². The maximum absolute atomic E-state index is 11.7. The highest BCUT2D eigenvalue weighted by Gasteiger charge is 2.20. The first-order chi connectivity index (χ1) is 9.74. The van der Waals surface area contributed by atoms with Gasteiger partial charge >= 0.3 is 0 Å². The SMILES string of the molecule is O=C1C=c2ccc3c(c2CC1=O)CC=c1ccccc1=3. The molecule has 2 aromatic carbocycles. The second-order valence-electron chi connectivity index (χ2n) is 5.26. The lowest BCUT2D eigenvalue weighted by Gasteiger charge is -2.15. The zero-order valence-electron chi connectivity index (χ0n) is 10.8. The van der Waals surface area contributed by atoms with Gasteiger partial charge in [-0.1, -0.05) is 42.5 Å². The molecule has 2 nitrogen and oxygen atoms in total. The summed E-state index contributed by atoms with van der Waals surface area (Å²) in [6.45, 7) is 0. The molecule has 0 fully saturated rings. The third-order valence-corrected chi connectivity index (χ3v) is 4.14. The van der Waals surface area contributed by atoms with E-state index in [1.165, 1.54) is 27.3 Å². The van der Waals surface area contributed by atoms with Crippen LogP contribution in [0.3, 0.4) is 0 Å². The van der Waals surface area contributed by atoms with E-state index in [1.54, 1.807) is 0 Å². The van der Waals surface area contributed by atoms with Crippen LogP contribution in [0.15, 0.2) is 36.4 Å². The summed E-state index contributed by atoms with van der Waals surface area (Å²) in [4.78, 5) is 23.2. The van der Waals surface area contributed by atoms with Gasteiger partial charge in [-0.3, -0.25) is 9.59 Å². The summed E-state index contributed by atoms with van der Waals surface area (Å²) in [5, 5.41) is 4.54. The van der Waals surface area contributed by atoms with Crippen molar-refractivity contribution in [1.29, 1.82) is 0 Å². The number of hydrogen-bond donors (Lipinski definition) is 0. The number of rotatable bonds is 0. The Balaban J connectivity index is 2.20. The molecule has 0 atom stereocenters. The molecule has 0 N–H and O–H groups in total. The van der Waals surface area contributed by atoms with Crippen molar-refractivity contribution in [2.24, 2.45) is 0 Å². The summed E-state index contributed by atoms with van der Waals surface area (Å²) in [6.07, 6.45) is 4.73. The Morgan fingerprint density at radius 3 is 2.55 bits per heavy atom. The average molecular weight is 260 g/mol. The molecule has 2 aliphatic carbocycles. The van der Waals surface area contributed by atoms with Crippen LogP contribution in [0.4, 0.5) is 0 Å². The van der Waals surface area contributed by atoms with Crippen LogP contribution in [0.2, 0.25) is 0 Å². The first-order valence-electron chi connectivity index (χ1n) is 6.73. The van der Waals surface area contributed by atoms with E-state index < -0.39 is 0 Å². The predicted molar refractivity (Wildman–Crippen MR) is 76.2 cm³/mol. The van der Waals surface area contributed by atoms with Gasteiger partial charge in [-0.15, -0.1) is 0 Å². The first kappa shape index (κ1) is 11.4. The van der Waals surface area contributed by atoms with E-state index >= 15 is 0 Å². The van der Waals surface area contributed by atoms with Gasteiger partial charge in [0, 0.05) is 6.42 Å². The highest BCUT2D eigenvalue weighted by Crippen LogP contribution is 2.15. The van der Waals surface area contributed by atoms with Crippen molar-refractivity contribution in [3.05, 3.63) is 68.4 Å². The predicted octanol–water partition coefficient (Wildman–Crippen LogP) is 0.785. The van der Waals surface area contributed by atoms with Crippen LogP contribution < -0.4 is 10.4 Å². The topological polar surface area (TPSA) is 34.1 Å². The van der Waals surface area contributed by atoms with Gasteiger partial charge in [0.15, 0.2) is 0 Å². The van der Waals surface area contributed by atoms with Crippen molar-refractivity contribution in [1.82, 2.24) is 0 Å². The number of benzene rings is 2. The molecule has 0 unspecified atom stereocenters. The van der Waals surface area contributed by atoms with E-state index in [1.807, 2.05) is 18.2 Å². The molecular formula is C18H12O2. The van der Waals surface area contributed by atoms with Gasteiger partial charge in [-0.25, -0.2) is 0 Å². The van der Waals surface area contributed by atoms with Crippen molar-refractivity contribution >= 4 is 23.7 Å². The molecule has 0 aromatic heterocycles. The summed E-state index contributed by atoms with van der Waals surface area (Å²) < 4.78 is 0. The van der Waals surface area contributed by atoms with E-state index in [0.717, 1.165) is 17.2 Å². The molecule has 4 rings (SSSR count). The molecule has 0 saturated carbocycles. The Hall–Kier alpha value is -2.48. The van der Waals surface area contributed by atoms with Gasteiger partial charge in [0.05, 0.1) is 0 Å². The molecule has 2 aromatic rings. The molecule has 0 spiro atoms. The fraction of sp³-hybridized carbons (Fsp3) is 0.111. The summed E-state index contributed by atoms with van der Waals surface area (Å²) in [7, 11) is 0. The lowest BCUT2D eigenvalue weighted by molar-refractivity contribution is -0.132. The monoisotopic (exact) mass is 260 g/mol. The molecule has 0 saturated heterocycles. The zero-order valence-corrected chi connectivity index (χ0v) is 10.8. The maximum atomic E-state index is 11.7. The summed E-state index contributed by atoms with van der Waals surface area (Å²) in [5.74, 6) is -0.678. The fourth-order valence-electron chi connectivity index (χ4n) is 3.14. The van der Waals surface area contributed by atoms with Gasteiger partial charge in [0.25, 0.3) is 0 Å². The third kappa shape index (κ3) is 1.51. The number of carbonyl (C=O) groups is 2. The van der Waals surface area contributed by atoms with E-state index in [2.05, 4.69) is 24.3 Å². The minimum absolute atomic E-state index is 0.240. The number of hydrogen-bond acceptors (Lipinski definition) is 2. The molecule has 0 heterocycles. The normalized spacial score (nSPS) is 15.6. The van der Waals surface area contributed by atoms with E-state index in [-0.39, 0.29) is 18.0 Å². The molecule has 0 bridgehead atoms. The Labute approximate surface area is 115 Å². The second kappa shape index (κ2) is 4.01. The standard InChI is InChI=1S/C18H12O2/c19-17-9-12-6-8-14-13-4-2-1-3-11(13)5-7-15(14)16(12)10-18(17)20/h1-6,8-9H,7,10H2. The van der Waals surface area contributed by atoms with Gasteiger partial charge in [-0.2, -0.15) is 0 Å². The van der Waals surface area contributed by atoms with Crippen molar-refractivity contribution in [3.63, 3.8) is 0 Å². The minimum Gasteiger partial charge on any atom is -0.290 e. The molecule has 20 heavy (non-hydrogen) atoms. The molecule has 0 radical (unpaired) electrons. The number of Topliss-reactive ketones (excluding diaryl/α,β-unsaturated/α-hetero) is 2. The molecular weight excluding hydrogens is 248 g/mol. The average Bonchev–Trinajstić information content (AvgIpc) is 2.48. The quantitative estimate of drug-likeness (QED) is 0.656. The summed E-state index contributed by atoms with van der Waals surface area (Å²) >= 11 is 0. The largest absolute Gasteiger partial charge is 0.290 e. The number of fused-ring (bicyclic) bond motifs is 4. The Morgan fingerprint density at radius 1 is 0.800 bits per heavy atom. The summed E-state index contributed by atoms with van der Waals surface area (Å²) in [6, 6.07) is 12.3. The molecule has 2 heteroatoms. The van der Waals surface area contributed by atoms with Crippen molar-refractivity contribution < 1.29 is 9.59 Å². The van der Waals surface area contributed by atoms with E-state index in [4.69, 9.17) is 0 Å². The highest BCUT2D eigenvalue weighted by molar-refractivity contribution is 6.49. The van der Waals surface area contributed by atoms with Gasteiger partial charge in [0.1, 0.15) is 0 Å². The van der Waals surface area contributed by atoms with Crippen molar-refractivity contribution in [2.75, 3.05) is 0 Å². The summed E-state index contributed by atoms with van der Waals surface area (Å²) in [5.41, 5.74) is 2.22. The smallest absolute Gasteiger partial charge is 0.222 e. The van der Waals surface area contributed by atoms with Crippen LogP contribution in [-0.2, 0) is 22.4 Å². The van der Waals surface area contributed by atoms with E-state index in [9.17, 15) is 9.59 Å². The molecule has 2 aliphatic rings. The fourth-order valence-corrected chi connectivity index (χ4v) is 3.14. The van der Waals surface area contributed by atoms with Gasteiger partial charge < -0.3 is 0 Å². The van der Waals surface area contributed by atoms with Crippen molar-refractivity contribution in [3.8, 4) is 0 Å². The molecule has 0 aliphatic heterocycles. The Kier molecular flexibility index (Phi) is 2.27. The van der Waals surface area contributed by atoms with Crippen LogP contribution in [0.5, 0.6) is 0 Å². The third-order valence-electron chi connectivity index (χ3n) is 4.14. The number of carbonyl (C=O) groups excluding carboxylic acids is 2. The lowest BCUT2D eigenvalue weighted by atomic mass is 9.88. The van der Waals surface area contributed by atoms with Gasteiger partial charge in [-0.05, 0) is 44.5 Å². The first-order valence-corrected chi connectivity index (χ1v) is 6.73. The van der Waals surface area contributed by atoms with Crippen LogP contribution in [-0.4, -0.2) is 11.6 Å². The molecule has 96 valence electrons. The van der Waals surface area contributed by atoms with Crippen LogP contribution >= 0.6 is 0 Å². The Bertz CT molecular complexity index is 981. The Morgan fingerprint density at radius 2 is 1.65 bits per heavy atom. The molecule has 0 amide bonds. The zero-order chi connectivity index (χ0) is 13.7. The van der Waals surface area contributed by atoms with Crippen molar-refractivity contribution in [2.45, 2.75) is 12.8 Å². The maximum Gasteiger partial charge on any atom is 0.222 e. The minimum atomic E-state index is -0.377. The van der Waals surface area contributed by atoms with Gasteiger partial charge in [0.2, 0.25) is 11.6 Å². The lowest BCUT2D eigenvalue weighted by Crippen LogP contribution is -2.29. The van der Waals surface area contributed by atoms with E-state index in [0.29, 0.717) is 0 Å². The van der Waals surface area contributed by atoms with Crippen LogP contribution in [0.25, 0.3) is 12.2 Å². The van der Waals surface area contributed by atoms with Crippen LogP contribution in [0.1, 0.15) is 11.1 Å². The number of ketones is 2. The second-order valence-corrected chi connectivity index (χ2v) is 5.26. The highest BCUT2D eigenvalue weighted by atomic mass is 16.2.